The molecular weight excluding hydrogens is 266 g/mol. The lowest BCUT2D eigenvalue weighted by Gasteiger charge is -2.30. The van der Waals surface area contributed by atoms with Crippen molar-refractivity contribution in [1.29, 1.82) is 0 Å². The lowest BCUT2D eigenvalue weighted by atomic mass is 9.79. The summed E-state index contributed by atoms with van der Waals surface area (Å²) in [5.74, 6) is 0.796. The Morgan fingerprint density at radius 3 is 2.52 bits per heavy atom. The summed E-state index contributed by atoms with van der Waals surface area (Å²) < 4.78 is 0. The Morgan fingerprint density at radius 1 is 1.19 bits per heavy atom. The van der Waals surface area contributed by atoms with Crippen molar-refractivity contribution in [2.24, 2.45) is 11.8 Å². The van der Waals surface area contributed by atoms with Gasteiger partial charge in [0, 0.05) is 19.2 Å². The molecule has 0 saturated heterocycles. The van der Waals surface area contributed by atoms with E-state index in [1.54, 1.807) is 30.3 Å². The fraction of sp³-hybridized carbons (Fsp3) is 0.471. The SMILES string of the molecule is O=C(C=Cc1ccc(O)cc1)NCC1CCCCC1CO. The van der Waals surface area contributed by atoms with Crippen LogP contribution in [0.1, 0.15) is 31.2 Å². The van der Waals surface area contributed by atoms with Gasteiger partial charge in [-0.25, -0.2) is 0 Å². The molecule has 0 aliphatic heterocycles. The van der Waals surface area contributed by atoms with Gasteiger partial charge in [-0.3, -0.25) is 4.79 Å². The minimum Gasteiger partial charge on any atom is -0.508 e. The van der Waals surface area contributed by atoms with Gasteiger partial charge in [-0.15, -0.1) is 0 Å². The first-order valence-corrected chi connectivity index (χ1v) is 7.55. The van der Waals surface area contributed by atoms with Crippen molar-refractivity contribution >= 4 is 12.0 Å². The highest BCUT2D eigenvalue weighted by molar-refractivity contribution is 5.91. The molecule has 1 aliphatic carbocycles. The normalized spacial score (nSPS) is 22.3. The number of hydrogen-bond donors (Lipinski definition) is 3. The zero-order valence-corrected chi connectivity index (χ0v) is 12.2. The molecule has 21 heavy (non-hydrogen) atoms. The maximum Gasteiger partial charge on any atom is 0.244 e. The number of amides is 1. The fourth-order valence-corrected chi connectivity index (χ4v) is 2.84. The predicted octanol–water partition coefficient (Wildman–Crippen LogP) is 2.32. The molecule has 1 fully saturated rings. The van der Waals surface area contributed by atoms with Crippen molar-refractivity contribution in [2.45, 2.75) is 25.7 Å². The van der Waals surface area contributed by atoms with E-state index in [4.69, 9.17) is 0 Å². The van der Waals surface area contributed by atoms with Gasteiger partial charge in [0.15, 0.2) is 0 Å². The number of hydrogen-bond acceptors (Lipinski definition) is 3. The van der Waals surface area contributed by atoms with Crippen LogP contribution >= 0.6 is 0 Å². The molecule has 1 aliphatic rings. The number of benzene rings is 1. The van der Waals surface area contributed by atoms with Crippen molar-refractivity contribution in [3.05, 3.63) is 35.9 Å². The van der Waals surface area contributed by atoms with Gasteiger partial charge in [0.1, 0.15) is 5.75 Å². The van der Waals surface area contributed by atoms with E-state index in [1.807, 2.05) is 0 Å². The third-order valence-corrected chi connectivity index (χ3v) is 4.16. The third-order valence-electron chi connectivity index (χ3n) is 4.16. The largest absolute Gasteiger partial charge is 0.508 e. The second kappa shape index (κ2) is 7.84. The molecule has 0 heterocycles. The highest BCUT2D eigenvalue weighted by Gasteiger charge is 2.24. The van der Waals surface area contributed by atoms with Crippen LogP contribution in [0.2, 0.25) is 0 Å². The zero-order valence-electron chi connectivity index (χ0n) is 12.2. The molecule has 1 aromatic carbocycles. The number of carbonyl (C=O) groups is 1. The Kier molecular flexibility index (Phi) is 5.81. The van der Waals surface area contributed by atoms with E-state index in [-0.39, 0.29) is 18.3 Å². The maximum atomic E-state index is 11.8. The minimum atomic E-state index is -0.120. The molecule has 1 saturated carbocycles. The summed E-state index contributed by atoms with van der Waals surface area (Å²) in [6, 6.07) is 6.68. The summed E-state index contributed by atoms with van der Waals surface area (Å²) in [6.45, 7) is 0.841. The minimum absolute atomic E-state index is 0.120. The topological polar surface area (TPSA) is 69.6 Å². The first kappa shape index (κ1) is 15.6. The van der Waals surface area contributed by atoms with Crippen LogP contribution in [0.15, 0.2) is 30.3 Å². The summed E-state index contributed by atoms with van der Waals surface area (Å²) in [7, 11) is 0. The maximum absolute atomic E-state index is 11.8. The van der Waals surface area contributed by atoms with Crippen LogP contribution in [0.5, 0.6) is 5.75 Å². The lowest BCUT2D eigenvalue weighted by Crippen LogP contribution is -2.34. The second-order valence-electron chi connectivity index (χ2n) is 5.66. The predicted molar refractivity (Wildman–Crippen MR) is 82.7 cm³/mol. The standard InChI is InChI=1S/C17H23NO3/c19-12-15-4-2-1-3-14(15)11-18-17(21)10-7-13-5-8-16(20)9-6-13/h5-10,14-15,19-20H,1-4,11-12H2,(H,18,21). The van der Waals surface area contributed by atoms with E-state index in [1.165, 1.54) is 18.9 Å². The molecule has 3 N–H and O–H groups in total. The van der Waals surface area contributed by atoms with E-state index in [2.05, 4.69) is 5.32 Å². The van der Waals surface area contributed by atoms with Crippen LogP contribution in [-0.4, -0.2) is 29.3 Å². The van der Waals surface area contributed by atoms with Crippen LogP contribution in [0.25, 0.3) is 6.08 Å². The molecule has 114 valence electrons. The van der Waals surface area contributed by atoms with Gasteiger partial charge in [-0.05, 0) is 48.4 Å². The van der Waals surface area contributed by atoms with Crippen LogP contribution in [0.4, 0.5) is 0 Å². The van der Waals surface area contributed by atoms with Crippen LogP contribution < -0.4 is 5.32 Å². The monoisotopic (exact) mass is 289 g/mol. The van der Waals surface area contributed by atoms with Gasteiger partial charge < -0.3 is 15.5 Å². The van der Waals surface area contributed by atoms with Crippen LogP contribution in [-0.2, 0) is 4.79 Å². The molecule has 2 unspecified atom stereocenters. The molecular formula is C17H23NO3. The summed E-state index contributed by atoms with van der Waals surface area (Å²) in [5, 5.41) is 21.5. The lowest BCUT2D eigenvalue weighted by molar-refractivity contribution is -0.116. The Labute approximate surface area is 125 Å². The van der Waals surface area contributed by atoms with Gasteiger partial charge in [0.2, 0.25) is 5.91 Å². The zero-order chi connectivity index (χ0) is 15.1. The summed E-state index contributed by atoms with van der Waals surface area (Å²) in [5.41, 5.74) is 0.869. The van der Waals surface area contributed by atoms with Crippen molar-refractivity contribution in [3.8, 4) is 5.75 Å². The van der Waals surface area contributed by atoms with Crippen molar-refractivity contribution in [1.82, 2.24) is 5.32 Å². The van der Waals surface area contributed by atoms with E-state index in [0.717, 1.165) is 18.4 Å². The van der Waals surface area contributed by atoms with Gasteiger partial charge in [-0.2, -0.15) is 0 Å². The Balaban J connectivity index is 1.80. The highest BCUT2D eigenvalue weighted by Crippen LogP contribution is 2.29. The second-order valence-corrected chi connectivity index (χ2v) is 5.66. The number of aliphatic hydroxyl groups is 1. The fourth-order valence-electron chi connectivity index (χ4n) is 2.84. The van der Waals surface area contributed by atoms with Gasteiger partial charge in [-0.1, -0.05) is 25.0 Å². The first-order chi connectivity index (χ1) is 10.2. The van der Waals surface area contributed by atoms with Gasteiger partial charge in [0.25, 0.3) is 0 Å². The number of phenolic OH excluding ortho intramolecular Hbond substituents is 1. The van der Waals surface area contributed by atoms with Crippen molar-refractivity contribution < 1.29 is 15.0 Å². The number of nitrogens with one attached hydrogen (secondary N) is 1. The molecule has 2 atom stereocenters. The Bertz CT molecular complexity index is 481. The molecule has 4 heteroatoms. The van der Waals surface area contributed by atoms with Crippen molar-refractivity contribution in [2.75, 3.05) is 13.2 Å². The van der Waals surface area contributed by atoms with E-state index in [9.17, 15) is 15.0 Å². The molecule has 4 nitrogen and oxygen atoms in total. The first-order valence-electron chi connectivity index (χ1n) is 7.55. The van der Waals surface area contributed by atoms with Crippen molar-refractivity contribution in [3.63, 3.8) is 0 Å². The molecule has 0 radical (unpaired) electrons. The van der Waals surface area contributed by atoms with Crippen LogP contribution in [0, 0.1) is 11.8 Å². The van der Waals surface area contributed by atoms with Gasteiger partial charge in [0.05, 0.1) is 0 Å². The molecule has 1 amide bonds. The van der Waals surface area contributed by atoms with E-state index < -0.39 is 0 Å². The Hall–Kier alpha value is -1.81. The summed E-state index contributed by atoms with van der Waals surface area (Å²) in [6.07, 6.45) is 7.71. The quantitative estimate of drug-likeness (QED) is 0.729. The smallest absolute Gasteiger partial charge is 0.244 e. The number of phenols is 1. The van der Waals surface area contributed by atoms with E-state index >= 15 is 0 Å². The van der Waals surface area contributed by atoms with E-state index in [0.29, 0.717) is 18.4 Å². The molecule has 0 spiro atoms. The summed E-state index contributed by atoms with van der Waals surface area (Å²) >= 11 is 0. The molecule has 1 aromatic rings. The number of aromatic hydroxyl groups is 1. The average molecular weight is 289 g/mol. The summed E-state index contributed by atoms with van der Waals surface area (Å²) in [4.78, 5) is 11.8. The molecule has 0 aromatic heterocycles. The number of rotatable bonds is 5. The van der Waals surface area contributed by atoms with Crippen LogP contribution in [0.3, 0.4) is 0 Å². The highest BCUT2D eigenvalue weighted by atomic mass is 16.3. The number of carbonyl (C=O) groups excluding carboxylic acids is 1. The van der Waals surface area contributed by atoms with Gasteiger partial charge >= 0.3 is 0 Å². The molecule has 0 bridgehead atoms. The number of aliphatic hydroxyl groups excluding tert-OH is 1. The third kappa shape index (κ3) is 4.90. The average Bonchev–Trinajstić information content (AvgIpc) is 2.52. The Morgan fingerprint density at radius 2 is 1.86 bits per heavy atom. The molecule has 2 rings (SSSR count).